The maximum atomic E-state index is 2.47. The van der Waals surface area contributed by atoms with E-state index in [1.807, 2.05) is 0 Å². The second-order valence-electron chi connectivity index (χ2n) is 10.1. The molecule has 20 heavy (non-hydrogen) atoms. The van der Waals surface area contributed by atoms with Crippen LogP contribution in [0.25, 0.3) is 0 Å². The molecule has 1 atom stereocenters. The lowest BCUT2D eigenvalue weighted by molar-refractivity contribution is 0.0378. The molecule has 1 radical (unpaired) electrons. The van der Waals surface area contributed by atoms with Crippen LogP contribution in [0, 0.1) is 33.5 Å². The number of hydrogen-bond acceptors (Lipinski definition) is 0. The van der Waals surface area contributed by atoms with Crippen molar-refractivity contribution >= 4 is 0 Å². The highest BCUT2D eigenvalue weighted by atomic mass is 14.5. The molecule has 0 N–H and O–H groups in total. The summed E-state index contributed by atoms with van der Waals surface area (Å²) in [5.41, 5.74) is 1.25. The second kappa shape index (κ2) is 6.01. The van der Waals surface area contributed by atoms with Crippen molar-refractivity contribution in [3.8, 4) is 0 Å². The zero-order valence-corrected chi connectivity index (χ0v) is 16.5. The highest BCUT2D eigenvalue weighted by Crippen LogP contribution is 2.55. The number of hydrogen-bond donors (Lipinski definition) is 0. The molecule has 0 nitrogen and oxygen atoms in total. The van der Waals surface area contributed by atoms with E-state index in [4.69, 9.17) is 0 Å². The Labute approximate surface area is 130 Å². The molecule has 0 rings (SSSR count). The molecule has 121 valence electrons. The Balaban J connectivity index is 5.31. The van der Waals surface area contributed by atoms with Gasteiger partial charge in [-0.2, -0.15) is 0 Å². The molecule has 0 spiro atoms. The van der Waals surface area contributed by atoms with Crippen molar-refractivity contribution in [1.29, 1.82) is 0 Å². The monoisotopic (exact) mass is 281 g/mol. The fourth-order valence-corrected chi connectivity index (χ4v) is 3.38. The summed E-state index contributed by atoms with van der Waals surface area (Å²) in [7, 11) is 0. The van der Waals surface area contributed by atoms with Crippen LogP contribution >= 0.6 is 0 Å². The highest BCUT2D eigenvalue weighted by molar-refractivity contribution is 5.12. The Bertz CT molecular complexity index is 293. The molecule has 0 saturated carbocycles. The van der Waals surface area contributed by atoms with E-state index in [-0.39, 0.29) is 10.8 Å². The van der Waals surface area contributed by atoms with Gasteiger partial charge in [0, 0.05) is 0 Å². The summed E-state index contributed by atoms with van der Waals surface area (Å²) in [6, 6.07) is 0. The third kappa shape index (κ3) is 4.50. The lowest BCUT2D eigenvalue weighted by Crippen LogP contribution is -2.44. The fourth-order valence-electron chi connectivity index (χ4n) is 3.38. The summed E-state index contributed by atoms with van der Waals surface area (Å²) >= 11 is 0. The van der Waals surface area contributed by atoms with Crippen molar-refractivity contribution < 1.29 is 0 Å². The fraction of sp³-hybridized carbons (Fsp3) is 0.950. The van der Waals surface area contributed by atoms with E-state index in [1.165, 1.54) is 12.8 Å². The van der Waals surface area contributed by atoms with Crippen LogP contribution in [0.5, 0.6) is 0 Å². The van der Waals surface area contributed by atoms with E-state index in [1.54, 1.807) is 5.92 Å². The predicted octanol–water partition coefficient (Wildman–Crippen LogP) is 7.14. The molecule has 0 bridgehead atoms. The van der Waals surface area contributed by atoms with E-state index < -0.39 is 0 Å². The molecule has 0 unspecified atom stereocenters. The van der Waals surface area contributed by atoms with Gasteiger partial charge in [0.2, 0.25) is 0 Å². The lowest BCUT2D eigenvalue weighted by Gasteiger charge is -2.52. The first kappa shape index (κ1) is 20.0. The van der Waals surface area contributed by atoms with Gasteiger partial charge in [-0.3, -0.25) is 0 Å². The third-order valence-electron chi connectivity index (χ3n) is 6.23. The average Bonchev–Trinajstić information content (AvgIpc) is 2.21. The second-order valence-corrected chi connectivity index (χ2v) is 10.1. The molecule has 0 heterocycles. The molecule has 0 aliphatic rings. The molecular weight excluding hydrogens is 240 g/mol. The van der Waals surface area contributed by atoms with E-state index in [9.17, 15) is 0 Å². The quantitative estimate of drug-likeness (QED) is 0.502. The maximum Gasteiger partial charge on any atom is -0.0157 e. The molecular formula is C20H41. The first-order chi connectivity index (χ1) is 8.57. The van der Waals surface area contributed by atoms with Crippen LogP contribution in [0.1, 0.15) is 95.9 Å². The molecule has 0 amide bonds. The van der Waals surface area contributed by atoms with Gasteiger partial charge in [0.25, 0.3) is 0 Å². The lowest BCUT2D eigenvalue weighted by atomic mass is 9.52. The number of rotatable bonds is 5. The van der Waals surface area contributed by atoms with Crippen LogP contribution < -0.4 is 0 Å². The normalized spacial score (nSPS) is 16.6. The van der Waals surface area contributed by atoms with Gasteiger partial charge in [0.1, 0.15) is 0 Å². The average molecular weight is 282 g/mol. The Hall–Kier alpha value is 0. The van der Waals surface area contributed by atoms with E-state index in [0.29, 0.717) is 10.8 Å². The highest BCUT2D eigenvalue weighted by Gasteiger charge is 2.46. The molecule has 0 aromatic carbocycles. The minimum Gasteiger partial charge on any atom is -0.0651 e. The summed E-state index contributed by atoms with van der Waals surface area (Å²) in [6.45, 7) is 28.8. The van der Waals surface area contributed by atoms with Gasteiger partial charge >= 0.3 is 0 Å². The molecule has 0 fully saturated rings. The molecule has 0 aliphatic heterocycles. The SMILES string of the molecule is CC[C@H](CC(C)(C)C(C)(C)[C](C)C(C)(C)C)C(C)(C)C. The van der Waals surface area contributed by atoms with Crippen LogP contribution in [0.3, 0.4) is 0 Å². The minimum absolute atomic E-state index is 0.254. The van der Waals surface area contributed by atoms with Crippen LogP contribution in [0.4, 0.5) is 0 Å². The van der Waals surface area contributed by atoms with E-state index in [0.717, 1.165) is 5.92 Å². The van der Waals surface area contributed by atoms with Gasteiger partial charge in [-0.1, -0.05) is 89.5 Å². The zero-order chi connectivity index (χ0) is 16.6. The Kier molecular flexibility index (Phi) is 6.01. The van der Waals surface area contributed by atoms with Crippen LogP contribution in [-0.4, -0.2) is 0 Å². The summed E-state index contributed by atoms with van der Waals surface area (Å²) in [6.07, 6.45) is 2.57. The first-order valence-electron chi connectivity index (χ1n) is 8.42. The summed E-state index contributed by atoms with van der Waals surface area (Å²) < 4.78 is 0. The van der Waals surface area contributed by atoms with Crippen LogP contribution in [0.15, 0.2) is 0 Å². The van der Waals surface area contributed by atoms with E-state index in [2.05, 4.69) is 83.1 Å². The zero-order valence-electron chi connectivity index (χ0n) is 16.5. The third-order valence-corrected chi connectivity index (χ3v) is 6.23. The van der Waals surface area contributed by atoms with Crippen molar-refractivity contribution in [2.24, 2.45) is 27.6 Å². The molecule has 0 saturated heterocycles. The van der Waals surface area contributed by atoms with E-state index >= 15 is 0 Å². The van der Waals surface area contributed by atoms with Gasteiger partial charge in [0.05, 0.1) is 0 Å². The van der Waals surface area contributed by atoms with Crippen molar-refractivity contribution in [2.45, 2.75) is 95.9 Å². The molecule has 0 aromatic rings. The van der Waals surface area contributed by atoms with Crippen molar-refractivity contribution in [2.75, 3.05) is 0 Å². The predicted molar refractivity (Wildman–Crippen MR) is 93.8 cm³/mol. The molecule has 0 aromatic heterocycles. The van der Waals surface area contributed by atoms with Crippen molar-refractivity contribution in [3.05, 3.63) is 5.92 Å². The van der Waals surface area contributed by atoms with Crippen molar-refractivity contribution in [3.63, 3.8) is 0 Å². The Morgan fingerprint density at radius 3 is 1.45 bits per heavy atom. The Morgan fingerprint density at radius 2 is 1.20 bits per heavy atom. The smallest absolute Gasteiger partial charge is 0.0157 e. The summed E-state index contributed by atoms with van der Waals surface area (Å²) in [5.74, 6) is 2.41. The molecule has 0 aliphatic carbocycles. The van der Waals surface area contributed by atoms with Crippen LogP contribution in [-0.2, 0) is 0 Å². The Morgan fingerprint density at radius 1 is 0.800 bits per heavy atom. The van der Waals surface area contributed by atoms with Gasteiger partial charge in [0.15, 0.2) is 0 Å². The summed E-state index contributed by atoms with van der Waals surface area (Å²) in [5, 5.41) is 0. The first-order valence-corrected chi connectivity index (χ1v) is 8.42. The van der Waals surface area contributed by atoms with Crippen LogP contribution in [0.2, 0.25) is 0 Å². The van der Waals surface area contributed by atoms with Crippen molar-refractivity contribution in [1.82, 2.24) is 0 Å². The largest absolute Gasteiger partial charge is 0.0651 e. The minimum atomic E-state index is 0.254. The van der Waals surface area contributed by atoms with Gasteiger partial charge in [-0.25, -0.2) is 0 Å². The maximum absolute atomic E-state index is 2.47. The topological polar surface area (TPSA) is 0 Å². The van der Waals surface area contributed by atoms with Gasteiger partial charge < -0.3 is 0 Å². The van der Waals surface area contributed by atoms with Gasteiger partial charge in [-0.15, -0.1) is 0 Å². The molecule has 0 heteroatoms. The van der Waals surface area contributed by atoms with Gasteiger partial charge in [-0.05, 0) is 39.9 Å². The standard InChI is InChI=1S/C20H41/c1-13-16(18(6,7)8)14-19(9,10)20(11,12)15(2)17(3,4)5/h16H,13-14H2,1-12H3/t16-/m1/s1. The summed E-state index contributed by atoms with van der Waals surface area (Å²) in [4.78, 5) is 0.